The molecule has 138 valence electrons. The van der Waals surface area contributed by atoms with Crippen LogP contribution in [0, 0.1) is 0 Å². The predicted octanol–water partition coefficient (Wildman–Crippen LogP) is 2.49. The molecule has 3 rings (SSSR count). The number of carbonyl (C=O) groups is 3. The van der Waals surface area contributed by atoms with E-state index in [1.807, 2.05) is 0 Å². The number of benzene rings is 1. The van der Waals surface area contributed by atoms with Gasteiger partial charge in [-0.15, -0.1) is 0 Å². The number of cyclic esters (lactones) is 2. The second-order valence-corrected chi connectivity index (χ2v) is 6.91. The second-order valence-electron chi connectivity index (χ2n) is 6.91. The van der Waals surface area contributed by atoms with Gasteiger partial charge in [0.2, 0.25) is 0 Å². The van der Waals surface area contributed by atoms with Crippen LogP contribution in [0.4, 0.5) is 5.69 Å². The van der Waals surface area contributed by atoms with E-state index in [9.17, 15) is 14.4 Å². The first-order chi connectivity index (χ1) is 12.3. The second kappa shape index (κ2) is 7.19. The van der Waals surface area contributed by atoms with Crippen LogP contribution in [0.3, 0.4) is 0 Å². The van der Waals surface area contributed by atoms with E-state index in [4.69, 9.17) is 9.47 Å². The predicted molar refractivity (Wildman–Crippen MR) is 94.1 cm³/mol. The summed E-state index contributed by atoms with van der Waals surface area (Å²) in [6.07, 6.45) is 5.62. The Morgan fingerprint density at radius 3 is 2.23 bits per heavy atom. The highest BCUT2D eigenvalue weighted by molar-refractivity contribution is 6.15. The van der Waals surface area contributed by atoms with Crippen molar-refractivity contribution in [3.05, 3.63) is 41.6 Å². The van der Waals surface area contributed by atoms with E-state index in [0.717, 1.165) is 25.7 Å². The molecule has 1 heterocycles. The van der Waals surface area contributed by atoms with E-state index in [-0.39, 0.29) is 17.5 Å². The third-order valence-corrected chi connectivity index (χ3v) is 4.34. The summed E-state index contributed by atoms with van der Waals surface area (Å²) >= 11 is 0. The lowest BCUT2D eigenvalue weighted by Gasteiger charge is -2.29. The summed E-state index contributed by atoms with van der Waals surface area (Å²) in [5.41, 5.74) is 0.973. The number of hydrogen-bond acceptors (Lipinski definition) is 6. The van der Waals surface area contributed by atoms with Gasteiger partial charge in [-0.1, -0.05) is 12.8 Å². The average Bonchev–Trinajstić information content (AvgIpc) is 3.06. The lowest BCUT2D eigenvalue weighted by molar-refractivity contribution is -0.222. The molecule has 1 aliphatic carbocycles. The van der Waals surface area contributed by atoms with Gasteiger partial charge in [0.15, 0.2) is 5.57 Å². The summed E-state index contributed by atoms with van der Waals surface area (Å²) in [7, 11) is 0. The van der Waals surface area contributed by atoms with E-state index >= 15 is 0 Å². The summed E-state index contributed by atoms with van der Waals surface area (Å²) in [5.74, 6) is -2.85. The Labute approximate surface area is 151 Å². The first kappa shape index (κ1) is 18.0. The van der Waals surface area contributed by atoms with Crippen molar-refractivity contribution in [2.45, 2.75) is 51.4 Å². The van der Waals surface area contributed by atoms with Crippen LogP contribution in [0.15, 0.2) is 36.0 Å². The highest BCUT2D eigenvalue weighted by atomic mass is 16.7. The molecule has 0 unspecified atom stereocenters. The molecule has 1 saturated heterocycles. The van der Waals surface area contributed by atoms with Gasteiger partial charge >= 0.3 is 11.9 Å². The van der Waals surface area contributed by atoms with Crippen LogP contribution in [0.1, 0.15) is 49.9 Å². The molecule has 7 nitrogen and oxygen atoms in total. The third-order valence-electron chi connectivity index (χ3n) is 4.34. The normalized spacial score (nSPS) is 19.5. The van der Waals surface area contributed by atoms with Crippen LogP contribution in [-0.4, -0.2) is 29.7 Å². The van der Waals surface area contributed by atoms with Gasteiger partial charge in [0.05, 0.1) is 0 Å². The summed E-state index contributed by atoms with van der Waals surface area (Å²) in [4.78, 5) is 35.9. The Bertz CT molecular complexity index is 724. The van der Waals surface area contributed by atoms with Crippen LogP contribution in [0.2, 0.25) is 0 Å². The van der Waals surface area contributed by atoms with Crippen LogP contribution in [0.5, 0.6) is 0 Å². The van der Waals surface area contributed by atoms with Gasteiger partial charge < -0.3 is 20.1 Å². The molecular weight excluding hydrogens is 336 g/mol. The maximum absolute atomic E-state index is 12.2. The molecule has 0 aromatic heterocycles. The topological polar surface area (TPSA) is 93.7 Å². The van der Waals surface area contributed by atoms with Crippen molar-refractivity contribution in [3.63, 3.8) is 0 Å². The highest BCUT2D eigenvalue weighted by Gasteiger charge is 2.38. The molecule has 1 aliphatic heterocycles. The number of nitrogens with one attached hydrogen (secondary N) is 2. The molecule has 2 fully saturated rings. The zero-order valence-electron chi connectivity index (χ0n) is 14.8. The number of amides is 1. The maximum atomic E-state index is 12.2. The molecule has 2 N–H and O–H groups in total. The zero-order valence-corrected chi connectivity index (χ0v) is 14.8. The van der Waals surface area contributed by atoms with Crippen molar-refractivity contribution in [2.24, 2.45) is 0 Å². The van der Waals surface area contributed by atoms with Crippen molar-refractivity contribution in [1.82, 2.24) is 5.32 Å². The molecule has 1 aromatic carbocycles. The van der Waals surface area contributed by atoms with Crippen LogP contribution < -0.4 is 10.6 Å². The molecule has 0 atom stereocenters. The van der Waals surface area contributed by atoms with Gasteiger partial charge in [0.1, 0.15) is 0 Å². The molecular formula is C19H22N2O5. The number of esters is 2. The van der Waals surface area contributed by atoms with Crippen molar-refractivity contribution < 1.29 is 23.9 Å². The number of hydrogen-bond donors (Lipinski definition) is 2. The summed E-state index contributed by atoms with van der Waals surface area (Å²) in [6, 6.07) is 7.03. The fourth-order valence-corrected chi connectivity index (χ4v) is 2.99. The quantitative estimate of drug-likeness (QED) is 0.488. The van der Waals surface area contributed by atoms with Gasteiger partial charge in [-0.2, -0.15) is 0 Å². The summed E-state index contributed by atoms with van der Waals surface area (Å²) < 4.78 is 10.0. The lowest BCUT2D eigenvalue weighted by atomic mass is 10.1. The number of carbonyl (C=O) groups excluding carboxylic acids is 3. The summed E-state index contributed by atoms with van der Waals surface area (Å²) in [5, 5.41) is 5.87. The number of rotatable bonds is 4. The van der Waals surface area contributed by atoms with Crippen molar-refractivity contribution in [1.29, 1.82) is 0 Å². The Kier molecular flexibility index (Phi) is 4.97. The Morgan fingerprint density at radius 1 is 1.08 bits per heavy atom. The lowest BCUT2D eigenvalue weighted by Crippen LogP contribution is -2.42. The van der Waals surface area contributed by atoms with E-state index in [1.165, 1.54) is 20.0 Å². The minimum atomic E-state index is -1.26. The van der Waals surface area contributed by atoms with Gasteiger partial charge in [0.25, 0.3) is 11.7 Å². The molecule has 2 aliphatic rings. The van der Waals surface area contributed by atoms with Gasteiger partial charge in [-0.25, -0.2) is 9.59 Å². The monoisotopic (exact) mass is 358 g/mol. The van der Waals surface area contributed by atoms with Crippen molar-refractivity contribution in [3.8, 4) is 0 Å². The zero-order chi connectivity index (χ0) is 18.7. The molecule has 1 aromatic rings. The van der Waals surface area contributed by atoms with Crippen molar-refractivity contribution in [2.75, 3.05) is 5.32 Å². The summed E-state index contributed by atoms with van der Waals surface area (Å²) in [6.45, 7) is 2.98. The van der Waals surface area contributed by atoms with Gasteiger partial charge in [0, 0.05) is 37.3 Å². The Morgan fingerprint density at radius 2 is 1.65 bits per heavy atom. The SMILES string of the molecule is CC1(C)OC(=O)C(=CNc2ccc(C(=O)NC3CCCC3)cc2)C(=O)O1. The first-order valence-corrected chi connectivity index (χ1v) is 8.68. The average molecular weight is 358 g/mol. The Hall–Kier alpha value is -2.83. The Balaban J connectivity index is 1.61. The van der Waals surface area contributed by atoms with Crippen LogP contribution >= 0.6 is 0 Å². The van der Waals surface area contributed by atoms with Gasteiger partial charge in [-0.3, -0.25) is 4.79 Å². The fraction of sp³-hybridized carbons (Fsp3) is 0.421. The number of anilines is 1. The molecule has 1 saturated carbocycles. The maximum Gasteiger partial charge on any atom is 0.350 e. The van der Waals surface area contributed by atoms with Gasteiger partial charge in [-0.05, 0) is 37.1 Å². The fourth-order valence-electron chi connectivity index (χ4n) is 2.99. The van der Waals surface area contributed by atoms with E-state index in [0.29, 0.717) is 11.3 Å². The molecule has 26 heavy (non-hydrogen) atoms. The van der Waals surface area contributed by atoms with E-state index in [2.05, 4.69) is 10.6 Å². The molecule has 7 heteroatoms. The smallest absolute Gasteiger partial charge is 0.350 e. The third kappa shape index (κ3) is 4.22. The van der Waals surface area contributed by atoms with E-state index in [1.54, 1.807) is 24.3 Å². The molecule has 0 bridgehead atoms. The van der Waals surface area contributed by atoms with Crippen molar-refractivity contribution >= 4 is 23.5 Å². The molecule has 1 amide bonds. The highest BCUT2D eigenvalue weighted by Crippen LogP contribution is 2.23. The van der Waals surface area contributed by atoms with Crippen LogP contribution in [-0.2, 0) is 19.1 Å². The standard InChI is InChI=1S/C19H22N2O5/c1-19(2)25-17(23)15(18(24)26-19)11-20-13-9-7-12(8-10-13)16(22)21-14-5-3-4-6-14/h7-11,14,20H,3-6H2,1-2H3,(H,21,22). The molecule has 0 radical (unpaired) electrons. The van der Waals surface area contributed by atoms with E-state index < -0.39 is 17.7 Å². The largest absolute Gasteiger partial charge is 0.419 e. The number of ether oxygens (including phenoxy) is 2. The minimum Gasteiger partial charge on any atom is -0.419 e. The molecule has 0 spiro atoms. The first-order valence-electron chi connectivity index (χ1n) is 8.68. The van der Waals surface area contributed by atoms with Crippen LogP contribution in [0.25, 0.3) is 0 Å². The minimum absolute atomic E-state index is 0.0940.